The van der Waals surface area contributed by atoms with Crippen molar-refractivity contribution in [1.29, 1.82) is 0 Å². The molecule has 0 aromatic carbocycles. The van der Waals surface area contributed by atoms with Crippen molar-refractivity contribution in [3.8, 4) is 0 Å². The Hall–Kier alpha value is 0.391. The van der Waals surface area contributed by atoms with E-state index < -0.39 is 0 Å². The highest BCUT2D eigenvalue weighted by atomic mass is 29.5. The third-order valence-electron chi connectivity index (χ3n) is 0.493. The minimum Gasteiger partial charge on any atom is -0.112 e. The zero-order chi connectivity index (χ0) is 4.12. The van der Waals surface area contributed by atoms with E-state index in [0.717, 1.165) is 0 Å². The molecule has 0 spiro atoms. The van der Waals surface area contributed by atoms with E-state index in [-0.39, 0.29) is 0 Å². The van der Waals surface area contributed by atoms with E-state index in [2.05, 4.69) is 12.3 Å². The lowest BCUT2D eigenvalue weighted by Crippen LogP contribution is -1.96. The first-order chi connectivity index (χ1) is 2.41. The number of rotatable bonds is 2. The van der Waals surface area contributed by atoms with Crippen LogP contribution in [0, 0.1) is 0 Å². The average molecular weight is 118 g/mol. The molecule has 0 saturated heterocycles. The summed E-state index contributed by atoms with van der Waals surface area (Å²) in [6, 6.07) is 0. The summed E-state index contributed by atoms with van der Waals surface area (Å²) in [4.78, 5) is 0. The largest absolute Gasteiger partial charge is 0.112 e. The maximum absolute atomic E-state index is 3.67. The molecule has 0 nitrogen and oxygen atoms in total. The van der Waals surface area contributed by atoms with Crippen LogP contribution in [0.25, 0.3) is 0 Å². The molecule has 0 radical (unpaired) electrons. The number of hydrogen-bond acceptors (Lipinski definition) is 0. The highest BCUT2D eigenvalue weighted by Gasteiger charge is 1.65. The van der Waals surface area contributed by atoms with Crippen molar-refractivity contribution in [2.75, 3.05) is 0 Å². The van der Waals surface area contributed by atoms with Gasteiger partial charge in [-0.05, 0) is 18.3 Å². The summed E-state index contributed by atoms with van der Waals surface area (Å²) >= 11 is 0. The molecule has 30 valence electrons. The molecule has 5 heavy (non-hydrogen) atoms. The van der Waals surface area contributed by atoms with Crippen LogP contribution >= 0.6 is 0 Å². The quantitative estimate of drug-likeness (QED) is 0.357. The first-order valence-electron chi connectivity index (χ1n) is 2.02. The fourth-order valence-electron chi connectivity index (χ4n) is 0.204. The monoisotopic (exact) mass is 118 g/mol. The lowest BCUT2D eigenvalue weighted by atomic mass is 11.3. The van der Waals surface area contributed by atoms with E-state index in [4.69, 9.17) is 0 Å². The van der Waals surface area contributed by atoms with Gasteiger partial charge in [0.15, 0.2) is 0 Å². The van der Waals surface area contributed by atoms with Gasteiger partial charge in [-0.2, -0.15) is 0 Å². The van der Waals surface area contributed by atoms with Crippen LogP contribution in [0.2, 0.25) is 0 Å². The molecule has 0 N–H and O–H groups in total. The summed E-state index contributed by atoms with van der Waals surface area (Å²) in [5, 5.41) is 0. The lowest BCUT2D eigenvalue weighted by Gasteiger charge is -1.69. The van der Waals surface area contributed by atoms with Crippen molar-refractivity contribution in [2.24, 2.45) is 0 Å². The summed E-state index contributed by atoms with van der Waals surface area (Å²) in [6.45, 7) is 3.67. The van der Waals surface area contributed by atoms with Gasteiger partial charge < -0.3 is 0 Å². The van der Waals surface area contributed by atoms with Gasteiger partial charge in [0.1, 0.15) is 0 Å². The predicted octanol–water partition coefficient (Wildman–Crippen LogP) is -2.34. The normalized spacial score (nSPS) is 12.8. The van der Waals surface area contributed by atoms with Crippen LogP contribution in [0.5, 0.6) is 0 Å². The molecule has 0 bridgehead atoms. The third kappa shape index (κ3) is 4.39. The Morgan fingerprint density at radius 2 is 2.40 bits per heavy atom. The maximum atomic E-state index is 3.67. The summed E-state index contributed by atoms with van der Waals surface area (Å²) < 4.78 is 0. The van der Waals surface area contributed by atoms with Crippen LogP contribution in [0.1, 0.15) is 0 Å². The standard InChI is InChI=1S/C2H10Si3/c1-2-4-5-3/h2H,1,4-5H2,3H3. The fourth-order valence-corrected chi connectivity index (χ4v) is 5.51. The lowest BCUT2D eigenvalue weighted by molar-refractivity contribution is 2.61. The second-order valence-electron chi connectivity index (χ2n) is 1.08. The molecule has 0 fully saturated rings. The molecule has 0 heterocycles. The van der Waals surface area contributed by atoms with Crippen molar-refractivity contribution >= 4 is 27.4 Å². The molecule has 0 rings (SSSR count). The Labute approximate surface area is 40.3 Å². The molecule has 3 heteroatoms. The van der Waals surface area contributed by atoms with Crippen molar-refractivity contribution in [2.45, 2.75) is 0 Å². The molecule has 0 aliphatic heterocycles. The number of hydrogen-bond donors (Lipinski definition) is 0. The summed E-state index contributed by atoms with van der Waals surface area (Å²) in [5.74, 6) is 0. The van der Waals surface area contributed by atoms with Crippen LogP contribution in [-0.4, -0.2) is 27.4 Å². The van der Waals surface area contributed by atoms with E-state index in [0.29, 0.717) is 17.6 Å². The molecule has 0 aromatic rings. The van der Waals surface area contributed by atoms with E-state index in [1.165, 1.54) is 9.76 Å². The SMILES string of the molecule is C=C[SiH2][SiH2][SiH3]. The van der Waals surface area contributed by atoms with Crippen molar-refractivity contribution < 1.29 is 0 Å². The topological polar surface area (TPSA) is 0 Å². The van der Waals surface area contributed by atoms with Crippen LogP contribution < -0.4 is 0 Å². The van der Waals surface area contributed by atoms with Gasteiger partial charge in [0.25, 0.3) is 0 Å². The smallest absolute Gasteiger partial charge is 0.0289 e. The van der Waals surface area contributed by atoms with Crippen LogP contribution in [-0.2, 0) is 0 Å². The zero-order valence-electron chi connectivity index (χ0n) is 3.70. The predicted molar refractivity (Wildman–Crippen MR) is 37.2 cm³/mol. The zero-order valence-corrected chi connectivity index (χ0v) is 8.53. The van der Waals surface area contributed by atoms with E-state index in [1.54, 1.807) is 0 Å². The average Bonchev–Trinajstić information content (AvgIpc) is 1.41. The van der Waals surface area contributed by atoms with Crippen LogP contribution in [0.4, 0.5) is 0 Å². The van der Waals surface area contributed by atoms with Gasteiger partial charge in [-0.1, -0.05) is 0 Å². The Morgan fingerprint density at radius 1 is 1.80 bits per heavy atom. The fraction of sp³-hybridized carbons (Fsp3) is 0. The van der Waals surface area contributed by atoms with Crippen LogP contribution in [0.15, 0.2) is 12.3 Å². The molecule has 0 atom stereocenters. The first kappa shape index (κ1) is 5.39. The molecular weight excluding hydrogens is 108 g/mol. The Balaban J connectivity index is 2.40. The van der Waals surface area contributed by atoms with Gasteiger partial charge in [0.05, 0.1) is 0 Å². The summed E-state index contributed by atoms with van der Waals surface area (Å²) in [7, 11) is 2.50. The van der Waals surface area contributed by atoms with Gasteiger partial charge in [0, 0.05) is 9.04 Å². The van der Waals surface area contributed by atoms with Crippen molar-refractivity contribution in [3.05, 3.63) is 12.3 Å². The molecule has 0 aliphatic rings. The third-order valence-corrected chi connectivity index (χ3v) is 9.63. The Morgan fingerprint density at radius 3 is 2.40 bits per heavy atom. The molecule has 0 amide bonds. The molecule has 0 aromatic heterocycles. The van der Waals surface area contributed by atoms with Crippen molar-refractivity contribution in [3.63, 3.8) is 0 Å². The van der Waals surface area contributed by atoms with Crippen LogP contribution in [0.3, 0.4) is 0 Å². The van der Waals surface area contributed by atoms with Crippen molar-refractivity contribution in [1.82, 2.24) is 0 Å². The summed E-state index contributed by atoms with van der Waals surface area (Å²) in [5.41, 5.74) is 2.17. The van der Waals surface area contributed by atoms with Gasteiger partial charge >= 0.3 is 0 Å². The molecular formula is C2H10Si3. The van der Waals surface area contributed by atoms with Gasteiger partial charge in [0.2, 0.25) is 0 Å². The van der Waals surface area contributed by atoms with Gasteiger partial charge in [-0.15, -0.1) is 12.3 Å². The minimum absolute atomic E-state index is 0.397. The Kier molecular flexibility index (Phi) is 4.73. The summed E-state index contributed by atoms with van der Waals surface area (Å²) in [6.07, 6.45) is 0. The molecule has 0 saturated carbocycles. The second-order valence-corrected chi connectivity index (χ2v) is 17.0. The van der Waals surface area contributed by atoms with E-state index in [9.17, 15) is 0 Å². The highest BCUT2D eigenvalue weighted by Crippen LogP contribution is 1.47. The minimum atomic E-state index is 0.397. The maximum Gasteiger partial charge on any atom is 0.0289 e. The Bertz CT molecular complexity index is 26.1. The van der Waals surface area contributed by atoms with Gasteiger partial charge in [-0.3, -0.25) is 0 Å². The van der Waals surface area contributed by atoms with Gasteiger partial charge in [-0.25, -0.2) is 0 Å². The molecule has 0 unspecified atom stereocenters. The highest BCUT2D eigenvalue weighted by molar-refractivity contribution is 7.25. The van der Waals surface area contributed by atoms with E-state index >= 15 is 0 Å². The molecule has 0 aliphatic carbocycles. The second kappa shape index (κ2) is 4.39. The van der Waals surface area contributed by atoms with E-state index in [1.807, 2.05) is 0 Å². The first-order valence-corrected chi connectivity index (χ1v) is 12.5.